The first kappa shape index (κ1) is 21.3. The van der Waals surface area contributed by atoms with Gasteiger partial charge in [-0.1, -0.05) is 12.1 Å². The minimum Gasteiger partial charge on any atom is -0.466 e. The third kappa shape index (κ3) is 4.13. The molecule has 2 aromatic rings. The van der Waals surface area contributed by atoms with Gasteiger partial charge in [0.05, 0.1) is 26.9 Å². The molecule has 0 saturated heterocycles. The maximum atomic E-state index is 11.6. The van der Waals surface area contributed by atoms with Crippen LogP contribution in [0.25, 0.3) is 17.2 Å². The number of carbonyl (C=O) groups is 1. The Morgan fingerprint density at radius 2 is 1.96 bits per heavy atom. The highest BCUT2D eigenvalue weighted by Gasteiger charge is 2.22. The molecule has 0 unspecified atom stereocenters. The minimum atomic E-state index is -0.569. The molecule has 0 aliphatic heterocycles. The summed E-state index contributed by atoms with van der Waals surface area (Å²) in [6.07, 6.45) is 2.69. The van der Waals surface area contributed by atoms with Crippen molar-refractivity contribution in [3.63, 3.8) is 0 Å². The number of hydrogen-bond donors (Lipinski definition) is 5. The molecule has 1 heterocycles. The molecule has 1 aromatic heterocycles. The summed E-state index contributed by atoms with van der Waals surface area (Å²) in [5.74, 6) is -0.569. The van der Waals surface area contributed by atoms with Crippen LogP contribution in [0.15, 0.2) is 18.2 Å². The fraction of sp³-hybridized carbons (Fsp3) is 0.300. The lowest BCUT2D eigenvalue weighted by atomic mass is 9.90. The van der Waals surface area contributed by atoms with Gasteiger partial charge >= 0.3 is 5.97 Å². The van der Waals surface area contributed by atoms with E-state index in [1.54, 1.807) is 19.2 Å². The Hall–Kier alpha value is -2.96. The molecule has 0 fully saturated rings. The van der Waals surface area contributed by atoms with Crippen LogP contribution in [0.3, 0.4) is 0 Å². The van der Waals surface area contributed by atoms with Crippen molar-refractivity contribution in [1.82, 2.24) is 10.3 Å². The standard InChI is InChI=1S/C20H23N3O5/c1-22-8-18-20(14(17(7-21)23-18)5-6-19(27)28-2)13-4-3-12(9-24)15(10-25)16(13)11-26/h3-6,22-26H,8-11H2,1-2H3/b6-5+. The number of aliphatic hydroxyl groups excluding tert-OH is 3. The number of aromatic nitrogens is 1. The van der Waals surface area contributed by atoms with Crippen LogP contribution >= 0.6 is 0 Å². The van der Waals surface area contributed by atoms with Crippen molar-refractivity contribution in [3.8, 4) is 17.2 Å². The molecule has 0 aliphatic rings. The minimum absolute atomic E-state index is 0.251. The number of carbonyl (C=O) groups excluding carboxylic acids is 1. The first-order valence-electron chi connectivity index (χ1n) is 8.58. The number of H-pyrrole nitrogens is 1. The molecule has 0 amide bonds. The highest BCUT2D eigenvalue weighted by Crippen LogP contribution is 2.36. The number of hydrogen-bond acceptors (Lipinski definition) is 7. The van der Waals surface area contributed by atoms with Gasteiger partial charge in [-0.05, 0) is 35.4 Å². The average Bonchev–Trinajstić information content (AvgIpc) is 3.07. The lowest BCUT2D eigenvalue weighted by Crippen LogP contribution is -2.08. The number of aliphatic hydroxyl groups is 3. The predicted octanol–water partition coefficient (Wildman–Crippen LogP) is 0.936. The number of ether oxygens (including phenoxy) is 1. The molecule has 2 rings (SSSR count). The van der Waals surface area contributed by atoms with Crippen LogP contribution in [-0.4, -0.2) is 40.4 Å². The molecular formula is C20H23N3O5. The summed E-state index contributed by atoms with van der Waals surface area (Å²) in [5.41, 5.74) is 4.00. The summed E-state index contributed by atoms with van der Waals surface area (Å²) in [6, 6.07) is 5.46. The zero-order valence-electron chi connectivity index (χ0n) is 15.7. The molecule has 0 radical (unpaired) electrons. The lowest BCUT2D eigenvalue weighted by molar-refractivity contribution is -0.134. The van der Waals surface area contributed by atoms with Gasteiger partial charge in [0.25, 0.3) is 0 Å². The average molecular weight is 385 g/mol. The number of methoxy groups -OCH3 is 1. The summed E-state index contributed by atoms with van der Waals surface area (Å²) in [5, 5.41) is 41.8. The van der Waals surface area contributed by atoms with Crippen LogP contribution in [0.4, 0.5) is 0 Å². The lowest BCUT2D eigenvalue weighted by Gasteiger charge is -2.17. The Morgan fingerprint density at radius 3 is 2.50 bits per heavy atom. The quantitative estimate of drug-likeness (QED) is 0.337. The normalized spacial score (nSPS) is 11.0. The summed E-state index contributed by atoms with van der Waals surface area (Å²) < 4.78 is 4.62. The number of nitriles is 1. The van der Waals surface area contributed by atoms with E-state index in [1.165, 1.54) is 19.3 Å². The summed E-state index contributed by atoms with van der Waals surface area (Å²) in [4.78, 5) is 14.6. The van der Waals surface area contributed by atoms with Gasteiger partial charge < -0.3 is 30.4 Å². The van der Waals surface area contributed by atoms with Crippen LogP contribution in [0, 0.1) is 11.3 Å². The molecule has 28 heavy (non-hydrogen) atoms. The van der Waals surface area contributed by atoms with Crippen molar-refractivity contribution in [2.24, 2.45) is 0 Å². The Labute approximate surface area is 162 Å². The Bertz CT molecular complexity index is 925. The second kappa shape index (κ2) is 9.82. The first-order chi connectivity index (χ1) is 13.6. The van der Waals surface area contributed by atoms with Gasteiger partial charge in [-0.2, -0.15) is 5.26 Å². The van der Waals surface area contributed by atoms with Crippen molar-refractivity contribution < 1.29 is 24.9 Å². The fourth-order valence-corrected chi connectivity index (χ4v) is 3.16. The third-order valence-corrected chi connectivity index (χ3v) is 4.45. The van der Waals surface area contributed by atoms with Crippen molar-refractivity contribution >= 4 is 12.0 Å². The molecule has 0 saturated carbocycles. The molecule has 5 N–H and O–H groups in total. The zero-order valence-corrected chi connectivity index (χ0v) is 15.7. The van der Waals surface area contributed by atoms with Gasteiger partial charge in [-0.15, -0.1) is 0 Å². The molecular weight excluding hydrogens is 362 g/mol. The second-order valence-corrected chi connectivity index (χ2v) is 5.97. The van der Waals surface area contributed by atoms with Gasteiger partial charge in [0.1, 0.15) is 11.8 Å². The molecule has 8 heteroatoms. The topological polar surface area (TPSA) is 139 Å². The summed E-state index contributed by atoms with van der Waals surface area (Å²) in [6.45, 7) is -0.607. The largest absolute Gasteiger partial charge is 0.466 e. The fourth-order valence-electron chi connectivity index (χ4n) is 3.16. The molecule has 0 bridgehead atoms. The smallest absolute Gasteiger partial charge is 0.330 e. The van der Waals surface area contributed by atoms with Gasteiger partial charge in [-0.25, -0.2) is 4.79 Å². The molecule has 0 aliphatic carbocycles. The van der Waals surface area contributed by atoms with Crippen molar-refractivity contribution in [2.45, 2.75) is 26.4 Å². The number of rotatable bonds is 8. The van der Waals surface area contributed by atoms with E-state index in [0.29, 0.717) is 45.6 Å². The van der Waals surface area contributed by atoms with Crippen molar-refractivity contribution in [2.75, 3.05) is 14.2 Å². The van der Waals surface area contributed by atoms with E-state index in [9.17, 15) is 25.4 Å². The Kier molecular flexibility index (Phi) is 7.49. The van der Waals surface area contributed by atoms with E-state index >= 15 is 0 Å². The van der Waals surface area contributed by atoms with E-state index in [-0.39, 0.29) is 25.5 Å². The molecule has 1 aromatic carbocycles. The summed E-state index contributed by atoms with van der Waals surface area (Å²) >= 11 is 0. The number of nitrogens with zero attached hydrogens (tertiary/aromatic N) is 1. The van der Waals surface area contributed by atoms with Crippen LogP contribution in [0.1, 0.15) is 33.6 Å². The van der Waals surface area contributed by atoms with Crippen LogP contribution in [0.2, 0.25) is 0 Å². The second-order valence-electron chi connectivity index (χ2n) is 5.97. The molecule has 148 valence electrons. The van der Waals surface area contributed by atoms with E-state index < -0.39 is 5.97 Å². The van der Waals surface area contributed by atoms with Crippen LogP contribution in [0.5, 0.6) is 0 Å². The Balaban J connectivity index is 2.83. The third-order valence-electron chi connectivity index (χ3n) is 4.45. The van der Waals surface area contributed by atoms with Crippen molar-refractivity contribution in [3.05, 3.63) is 51.9 Å². The van der Waals surface area contributed by atoms with Gasteiger partial charge in [0.2, 0.25) is 0 Å². The number of aromatic amines is 1. The van der Waals surface area contributed by atoms with E-state index in [0.717, 1.165) is 0 Å². The molecule has 0 atom stereocenters. The highest BCUT2D eigenvalue weighted by molar-refractivity contribution is 5.91. The van der Waals surface area contributed by atoms with E-state index in [1.807, 2.05) is 0 Å². The Morgan fingerprint density at radius 1 is 1.25 bits per heavy atom. The van der Waals surface area contributed by atoms with Crippen LogP contribution < -0.4 is 5.32 Å². The predicted molar refractivity (Wildman–Crippen MR) is 103 cm³/mol. The SMILES string of the molecule is CNCc1[nH]c(C#N)c(/C=C/C(=O)OC)c1-c1ccc(CO)c(CO)c1CO. The maximum absolute atomic E-state index is 11.6. The monoisotopic (exact) mass is 385 g/mol. The van der Waals surface area contributed by atoms with Gasteiger partial charge in [-0.3, -0.25) is 0 Å². The first-order valence-corrected chi connectivity index (χ1v) is 8.58. The number of nitrogens with one attached hydrogen (secondary N) is 2. The van der Waals surface area contributed by atoms with Gasteiger partial charge in [0, 0.05) is 29.4 Å². The van der Waals surface area contributed by atoms with Crippen molar-refractivity contribution in [1.29, 1.82) is 5.26 Å². The number of esters is 1. The molecule has 0 spiro atoms. The highest BCUT2D eigenvalue weighted by atomic mass is 16.5. The molecule has 8 nitrogen and oxygen atoms in total. The van der Waals surface area contributed by atoms with Crippen LogP contribution in [-0.2, 0) is 35.9 Å². The maximum Gasteiger partial charge on any atom is 0.330 e. The van der Waals surface area contributed by atoms with Gasteiger partial charge in [0.15, 0.2) is 0 Å². The number of benzene rings is 1. The zero-order chi connectivity index (χ0) is 20.7. The van der Waals surface area contributed by atoms with E-state index in [4.69, 9.17) is 0 Å². The van der Waals surface area contributed by atoms with E-state index in [2.05, 4.69) is 21.1 Å². The summed E-state index contributed by atoms with van der Waals surface area (Å²) in [7, 11) is 3.01.